The minimum absolute atomic E-state index is 1.09. The standard InChI is InChI=1S/C14H27/c1-3-5-7-9-11-13-14-12-10-8-6-4-2/h11,13H,1,3-10,12,14H2,2H3. The van der Waals surface area contributed by atoms with Gasteiger partial charge in [-0.25, -0.2) is 0 Å². The molecule has 0 aliphatic rings. The molecule has 0 bridgehead atoms. The second kappa shape index (κ2) is 12.7. The first-order valence-corrected chi connectivity index (χ1v) is 6.36. The van der Waals surface area contributed by atoms with Gasteiger partial charge >= 0.3 is 0 Å². The van der Waals surface area contributed by atoms with E-state index in [4.69, 9.17) is 0 Å². The molecule has 0 atom stereocenters. The Morgan fingerprint density at radius 2 is 1.36 bits per heavy atom. The van der Waals surface area contributed by atoms with Crippen LogP contribution in [-0.2, 0) is 0 Å². The maximum atomic E-state index is 3.84. The van der Waals surface area contributed by atoms with Crippen molar-refractivity contribution in [2.45, 2.75) is 71.1 Å². The summed E-state index contributed by atoms with van der Waals surface area (Å²) in [5.74, 6) is 0. The summed E-state index contributed by atoms with van der Waals surface area (Å²) >= 11 is 0. The van der Waals surface area contributed by atoms with Crippen LogP contribution in [0.1, 0.15) is 71.1 Å². The normalized spacial score (nSPS) is 11.3. The maximum Gasteiger partial charge on any atom is -0.0351 e. The zero-order chi connectivity index (χ0) is 10.5. The molecule has 1 radical (unpaired) electrons. The van der Waals surface area contributed by atoms with E-state index in [1.165, 1.54) is 57.8 Å². The molecule has 0 fully saturated rings. The summed E-state index contributed by atoms with van der Waals surface area (Å²) in [7, 11) is 0. The van der Waals surface area contributed by atoms with Crippen LogP contribution in [0, 0.1) is 6.92 Å². The van der Waals surface area contributed by atoms with Gasteiger partial charge in [-0.1, -0.05) is 64.5 Å². The predicted molar refractivity (Wildman–Crippen MR) is 66.3 cm³/mol. The van der Waals surface area contributed by atoms with Crippen LogP contribution in [0.2, 0.25) is 0 Å². The van der Waals surface area contributed by atoms with Crippen LogP contribution >= 0.6 is 0 Å². The van der Waals surface area contributed by atoms with Crippen LogP contribution in [0.4, 0.5) is 0 Å². The molecule has 0 N–H and O–H groups in total. The first-order chi connectivity index (χ1) is 6.91. The lowest BCUT2D eigenvalue weighted by Crippen LogP contribution is -1.76. The van der Waals surface area contributed by atoms with Gasteiger partial charge in [0.25, 0.3) is 0 Å². The van der Waals surface area contributed by atoms with Crippen LogP contribution in [0.3, 0.4) is 0 Å². The number of hydrogen-bond acceptors (Lipinski definition) is 0. The number of allylic oxidation sites excluding steroid dienone is 2. The molecule has 0 aromatic heterocycles. The second-order valence-corrected chi connectivity index (χ2v) is 4.02. The van der Waals surface area contributed by atoms with Crippen molar-refractivity contribution in [3.8, 4) is 0 Å². The van der Waals surface area contributed by atoms with Crippen molar-refractivity contribution in [1.29, 1.82) is 0 Å². The topological polar surface area (TPSA) is 0 Å². The van der Waals surface area contributed by atoms with E-state index < -0.39 is 0 Å². The molecule has 0 rings (SSSR count). The van der Waals surface area contributed by atoms with Crippen molar-refractivity contribution in [1.82, 2.24) is 0 Å². The van der Waals surface area contributed by atoms with Crippen molar-refractivity contribution < 1.29 is 0 Å². The van der Waals surface area contributed by atoms with E-state index in [1.54, 1.807) is 0 Å². The zero-order valence-corrected chi connectivity index (χ0v) is 9.93. The molecule has 0 aromatic rings. The van der Waals surface area contributed by atoms with Gasteiger partial charge < -0.3 is 0 Å². The lowest BCUT2D eigenvalue weighted by Gasteiger charge is -1.96. The van der Waals surface area contributed by atoms with Gasteiger partial charge in [-0.05, 0) is 25.7 Å². The van der Waals surface area contributed by atoms with E-state index in [9.17, 15) is 0 Å². The Hall–Kier alpha value is -0.260. The molecular weight excluding hydrogens is 168 g/mol. The van der Waals surface area contributed by atoms with Crippen molar-refractivity contribution >= 4 is 0 Å². The largest absolute Gasteiger partial charge is 0.0885 e. The third-order valence-corrected chi connectivity index (χ3v) is 2.51. The highest BCUT2D eigenvalue weighted by Crippen LogP contribution is 2.06. The van der Waals surface area contributed by atoms with Crippen LogP contribution < -0.4 is 0 Å². The molecule has 0 saturated heterocycles. The molecule has 0 nitrogen and oxygen atoms in total. The monoisotopic (exact) mass is 195 g/mol. The molecule has 0 amide bonds. The third kappa shape index (κ3) is 11.7. The third-order valence-electron chi connectivity index (χ3n) is 2.51. The SMILES string of the molecule is [CH2]CCCCC=CCCCCCCC. The Labute approximate surface area is 90.8 Å². The summed E-state index contributed by atoms with van der Waals surface area (Å²) in [6.07, 6.45) is 17.9. The van der Waals surface area contributed by atoms with Crippen molar-refractivity contribution in [2.24, 2.45) is 0 Å². The fourth-order valence-corrected chi connectivity index (χ4v) is 1.54. The summed E-state index contributed by atoms with van der Waals surface area (Å²) in [4.78, 5) is 0. The quantitative estimate of drug-likeness (QED) is 0.328. The van der Waals surface area contributed by atoms with E-state index in [2.05, 4.69) is 26.0 Å². The van der Waals surface area contributed by atoms with Gasteiger partial charge in [-0.2, -0.15) is 0 Å². The Bertz CT molecular complexity index is 113. The predicted octanol–water partition coefficient (Wildman–Crippen LogP) is 5.30. The van der Waals surface area contributed by atoms with Gasteiger partial charge in [0, 0.05) is 0 Å². The van der Waals surface area contributed by atoms with Crippen LogP contribution in [-0.4, -0.2) is 0 Å². The summed E-state index contributed by atoms with van der Waals surface area (Å²) in [6, 6.07) is 0. The van der Waals surface area contributed by atoms with Gasteiger partial charge in [0.15, 0.2) is 0 Å². The second-order valence-electron chi connectivity index (χ2n) is 4.02. The summed E-state index contributed by atoms with van der Waals surface area (Å²) in [5.41, 5.74) is 0. The number of rotatable bonds is 10. The summed E-state index contributed by atoms with van der Waals surface area (Å²) < 4.78 is 0. The van der Waals surface area contributed by atoms with Crippen molar-refractivity contribution in [2.75, 3.05) is 0 Å². The summed E-state index contributed by atoms with van der Waals surface area (Å²) in [6.45, 7) is 6.10. The Balaban J connectivity index is 2.96. The van der Waals surface area contributed by atoms with Gasteiger partial charge in [0.2, 0.25) is 0 Å². The molecule has 0 heteroatoms. The Morgan fingerprint density at radius 1 is 0.786 bits per heavy atom. The molecule has 0 spiro atoms. The highest BCUT2D eigenvalue weighted by molar-refractivity contribution is 4.81. The number of unbranched alkanes of at least 4 members (excludes halogenated alkanes) is 8. The molecule has 0 heterocycles. The molecular formula is C14H27. The lowest BCUT2D eigenvalue weighted by molar-refractivity contribution is 0.636. The molecule has 0 aliphatic carbocycles. The van der Waals surface area contributed by atoms with Gasteiger partial charge in [0.05, 0.1) is 0 Å². The fourth-order valence-electron chi connectivity index (χ4n) is 1.54. The maximum absolute atomic E-state index is 3.84. The number of hydrogen-bond donors (Lipinski definition) is 0. The van der Waals surface area contributed by atoms with E-state index in [0.717, 1.165) is 6.42 Å². The highest BCUT2D eigenvalue weighted by Gasteiger charge is 1.86. The van der Waals surface area contributed by atoms with E-state index in [0.29, 0.717) is 0 Å². The summed E-state index contributed by atoms with van der Waals surface area (Å²) in [5, 5.41) is 0. The highest BCUT2D eigenvalue weighted by atomic mass is 13.9. The minimum Gasteiger partial charge on any atom is -0.0885 e. The average Bonchev–Trinajstić information content (AvgIpc) is 2.21. The molecule has 0 saturated carbocycles. The first kappa shape index (κ1) is 13.7. The minimum atomic E-state index is 1.09. The van der Waals surface area contributed by atoms with Gasteiger partial charge in [0.1, 0.15) is 0 Å². The molecule has 14 heavy (non-hydrogen) atoms. The van der Waals surface area contributed by atoms with E-state index in [1.807, 2.05) is 0 Å². The van der Waals surface area contributed by atoms with Crippen molar-refractivity contribution in [3.05, 3.63) is 19.1 Å². The van der Waals surface area contributed by atoms with Crippen LogP contribution in [0.25, 0.3) is 0 Å². The van der Waals surface area contributed by atoms with Gasteiger partial charge in [-0.15, -0.1) is 0 Å². The molecule has 0 unspecified atom stereocenters. The molecule has 0 aliphatic heterocycles. The van der Waals surface area contributed by atoms with Crippen LogP contribution in [0.5, 0.6) is 0 Å². The first-order valence-electron chi connectivity index (χ1n) is 6.36. The molecule has 83 valence electrons. The zero-order valence-electron chi connectivity index (χ0n) is 9.93. The van der Waals surface area contributed by atoms with E-state index >= 15 is 0 Å². The van der Waals surface area contributed by atoms with Crippen molar-refractivity contribution in [3.63, 3.8) is 0 Å². The smallest absolute Gasteiger partial charge is 0.0351 e. The van der Waals surface area contributed by atoms with Crippen LogP contribution in [0.15, 0.2) is 12.2 Å². The fraction of sp³-hybridized carbons (Fsp3) is 0.786. The Kier molecular flexibility index (Phi) is 12.5. The Morgan fingerprint density at radius 3 is 1.93 bits per heavy atom. The average molecular weight is 195 g/mol. The lowest BCUT2D eigenvalue weighted by atomic mass is 10.1. The van der Waals surface area contributed by atoms with E-state index in [-0.39, 0.29) is 0 Å². The van der Waals surface area contributed by atoms with Gasteiger partial charge in [-0.3, -0.25) is 0 Å². The molecule has 0 aromatic carbocycles.